The second-order valence-electron chi connectivity index (χ2n) is 6.70. The third kappa shape index (κ3) is 2.74. The Balaban J connectivity index is 1.81. The highest BCUT2D eigenvalue weighted by Gasteiger charge is 2.24. The Hall–Kier alpha value is -2.78. The van der Waals surface area contributed by atoms with E-state index in [0.717, 1.165) is 33.9 Å². The van der Waals surface area contributed by atoms with Gasteiger partial charge in [0.25, 0.3) is 5.91 Å². The molecule has 1 aliphatic rings. The summed E-state index contributed by atoms with van der Waals surface area (Å²) in [5, 5.41) is 3.50. The number of aromatic nitrogens is 1. The molecule has 0 bridgehead atoms. The molecule has 1 aromatic heterocycles. The number of halogens is 1. The number of anilines is 1. The molecular weight excluding hydrogens is 344 g/mol. The molecule has 0 fully saturated rings. The molecule has 0 radical (unpaired) electrons. The number of aryl methyl sites for hydroxylation is 2. The van der Waals surface area contributed by atoms with E-state index in [1.807, 2.05) is 18.2 Å². The van der Waals surface area contributed by atoms with Gasteiger partial charge >= 0.3 is 0 Å². The molecule has 26 heavy (non-hydrogen) atoms. The molecule has 4 heteroatoms. The highest BCUT2D eigenvalue weighted by Crippen LogP contribution is 2.35. The van der Waals surface area contributed by atoms with E-state index < -0.39 is 0 Å². The Bertz CT molecular complexity index is 1060. The lowest BCUT2D eigenvalue weighted by Crippen LogP contribution is -2.03. The molecule has 0 atom stereocenters. The van der Waals surface area contributed by atoms with Crippen molar-refractivity contribution in [3.63, 3.8) is 0 Å². The van der Waals surface area contributed by atoms with Crippen LogP contribution < -0.4 is 5.32 Å². The maximum atomic E-state index is 12.4. The lowest BCUT2D eigenvalue weighted by Gasteiger charge is -2.10. The first-order chi connectivity index (χ1) is 12.4. The molecule has 2 heterocycles. The SMILES string of the molecule is Cc1ccc(-n2c(C)cc(/C=C3\C(=O)Nc4cc(Cl)ccc43)c2C)cc1. The smallest absolute Gasteiger partial charge is 0.256 e. The molecule has 3 nitrogen and oxygen atoms in total. The molecular formula is C22H19ClN2O. The number of fused-ring (bicyclic) bond motifs is 1. The summed E-state index contributed by atoms with van der Waals surface area (Å²) in [5.41, 5.74) is 7.95. The number of hydrogen-bond acceptors (Lipinski definition) is 1. The van der Waals surface area contributed by atoms with Crippen molar-refractivity contribution in [2.45, 2.75) is 20.8 Å². The lowest BCUT2D eigenvalue weighted by atomic mass is 10.0. The van der Waals surface area contributed by atoms with Crippen molar-refractivity contribution in [2.75, 3.05) is 5.32 Å². The van der Waals surface area contributed by atoms with E-state index in [4.69, 9.17) is 11.6 Å². The number of nitrogens with one attached hydrogen (secondary N) is 1. The number of hydrogen-bond donors (Lipinski definition) is 1. The zero-order chi connectivity index (χ0) is 18.4. The van der Waals surface area contributed by atoms with E-state index in [1.165, 1.54) is 5.56 Å². The van der Waals surface area contributed by atoms with E-state index in [0.29, 0.717) is 10.6 Å². The molecule has 1 amide bonds. The average molecular weight is 363 g/mol. The van der Waals surface area contributed by atoms with Crippen LogP contribution in [-0.4, -0.2) is 10.5 Å². The summed E-state index contributed by atoms with van der Waals surface area (Å²) in [5.74, 6) is -0.0950. The standard InChI is InChI=1S/C22H19ClN2O/c1-13-4-7-18(8-5-13)25-14(2)10-16(15(25)3)11-20-19-9-6-17(23)12-21(19)24-22(20)26/h4-12H,1-3H3,(H,24,26)/b20-11-. The minimum Gasteiger partial charge on any atom is -0.321 e. The van der Waals surface area contributed by atoms with Crippen LogP contribution in [0.15, 0.2) is 48.5 Å². The van der Waals surface area contributed by atoms with Crippen LogP contribution >= 0.6 is 11.6 Å². The van der Waals surface area contributed by atoms with E-state index in [9.17, 15) is 4.79 Å². The Kier molecular flexibility index (Phi) is 3.97. The van der Waals surface area contributed by atoms with Crippen molar-refractivity contribution in [1.29, 1.82) is 0 Å². The van der Waals surface area contributed by atoms with Crippen LogP contribution in [0.2, 0.25) is 5.02 Å². The summed E-state index contributed by atoms with van der Waals surface area (Å²) < 4.78 is 2.21. The Morgan fingerprint density at radius 1 is 1.00 bits per heavy atom. The van der Waals surface area contributed by atoms with E-state index >= 15 is 0 Å². The fraction of sp³-hybridized carbons (Fsp3) is 0.136. The van der Waals surface area contributed by atoms with Crippen molar-refractivity contribution in [3.05, 3.63) is 81.6 Å². The predicted molar refractivity (Wildman–Crippen MR) is 108 cm³/mol. The Morgan fingerprint density at radius 3 is 2.46 bits per heavy atom. The highest BCUT2D eigenvalue weighted by atomic mass is 35.5. The molecule has 2 aromatic carbocycles. The van der Waals surface area contributed by atoms with E-state index in [2.05, 4.69) is 61.0 Å². The second kappa shape index (κ2) is 6.19. The maximum Gasteiger partial charge on any atom is 0.256 e. The second-order valence-corrected chi connectivity index (χ2v) is 7.14. The number of benzene rings is 2. The van der Waals surface area contributed by atoms with Gasteiger partial charge in [0, 0.05) is 33.2 Å². The molecule has 0 unspecified atom stereocenters. The van der Waals surface area contributed by atoms with Crippen LogP contribution in [0.1, 0.15) is 28.1 Å². The topological polar surface area (TPSA) is 34.0 Å². The third-order valence-corrected chi connectivity index (χ3v) is 5.06. The van der Waals surface area contributed by atoms with Crippen molar-refractivity contribution in [2.24, 2.45) is 0 Å². The number of amides is 1. The van der Waals surface area contributed by atoms with Crippen LogP contribution in [-0.2, 0) is 4.79 Å². The summed E-state index contributed by atoms with van der Waals surface area (Å²) in [6.45, 7) is 6.24. The highest BCUT2D eigenvalue weighted by molar-refractivity contribution is 6.36. The van der Waals surface area contributed by atoms with Gasteiger partial charge in [0.1, 0.15) is 0 Å². The molecule has 130 valence electrons. The van der Waals surface area contributed by atoms with E-state index in [-0.39, 0.29) is 5.91 Å². The van der Waals surface area contributed by atoms with Gasteiger partial charge in [-0.05, 0) is 62.7 Å². The molecule has 3 aromatic rings. The van der Waals surface area contributed by atoms with Crippen LogP contribution in [0.25, 0.3) is 17.3 Å². The summed E-state index contributed by atoms with van der Waals surface area (Å²) in [6.07, 6.45) is 1.96. The number of carbonyl (C=O) groups excluding carboxylic acids is 1. The Morgan fingerprint density at radius 2 is 1.73 bits per heavy atom. The zero-order valence-electron chi connectivity index (χ0n) is 14.9. The third-order valence-electron chi connectivity index (χ3n) is 4.83. The number of rotatable bonds is 2. The van der Waals surface area contributed by atoms with Crippen molar-refractivity contribution in [1.82, 2.24) is 4.57 Å². The first-order valence-electron chi connectivity index (χ1n) is 8.53. The van der Waals surface area contributed by atoms with Gasteiger partial charge in [-0.25, -0.2) is 0 Å². The zero-order valence-corrected chi connectivity index (χ0v) is 15.7. The van der Waals surface area contributed by atoms with Crippen LogP contribution in [0, 0.1) is 20.8 Å². The summed E-state index contributed by atoms with van der Waals surface area (Å²) in [4.78, 5) is 12.4. The lowest BCUT2D eigenvalue weighted by molar-refractivity contribution is -0.110. The Labute approximate surface area is 157 Å². The predicted octanol–water partition coefficient (Wildman–Crippen LogP) is 5.55. The van der Waals surface area contributed by atoms with Gasteiger partial charge in [-0.1, -0.05) is 35.4 Å². The normalized spacial score (nSPS) is 14.6. The summed E-state index contributed by atoms with van der Waals surface area (Å²) >= 11 is 6.03. The molecule has 0 aliphatic carbocycles. The molecule has 0 saturated heterocycles. The minimum atomic E-state index is -0.0950. The van der Waals surface area contributed by atoms with Crippen molar-refractivity contribution >= 4 is 34.8 Å². The van der Waals surface area contributed by atoms with Gasteiger partial charge in [-0.2, -0.15) is 0 Å². The van der Waals surface area contributed by atoms with Gasteiger partial charge < -0.3 is 9.88 Å². The van der Waals surface area contributed by atoms with Gasteiger partial charge in [-0.15, -0.1) is 0 Å². The average Bonchev–Trinajstić information content (AvgIpc) is 3.05. The summed E-state index contributed by atoms with van der Waals surface area (Å²) in [7, 11) is 0. The van der Waals surface area contributed by atoms with Crippen molar-refractivity contribution < 1.29 is 4.79 Å². The van der Waals surface area contributed by atoms with Crippen molar-refractivity contribution in [3.8, 4) is 5.69 Å². The largest absolute Gasteiger partial charge is 0.321 e. The van der Waals surface area contributed by atoms with Gasteiger partial charge in [0.2, 0.25) is 0 Å². The van der Waals surface area contributed by atoms with E-state index in [1.54, 1.807) is 6.07 Å². The van der Waals surface area contributed by atoms with Gasteiger partial charge in [-0.3, -0.25) is 4.79 Å². The number of nitrogens with zero attached hydrogens (tertiary/aromatic N) is 1. The summed E-state index contributed by atoms with van der Waals surface area (Å²) in [6, 6.07) is 16.0. The molecule has 0 saturated carbocycles. The van der Waals surface area contributed by atoms with Crippen LogP contribution in [0.5, 0.6) is 0 Å². The monoisotopic (exact) mass is 362 g/mol. The number of carbonyl (C=O) groups is 1. The quantitative estimate of drug-likeness (QED) is 0.596. The fourth-order valence-corrected chi connectivity index (χ4v) is 3.66. The first kappa shape index (κ1) is 16.7. The molecule has 0 spiro atoms. The first-order valence-corrected chi connectivity index (χ1v) is 8.91. The molecule has 1 aliphatic heterocycles. The van der Waals surface area contributed by atoms with Gasteiger partial charge in [0.05, 0.1) is 5.69 Å². The molecule has 4 rings (SSSR count). The molecule has 1 N–H and O–H groups in total. The minimum absolute atomic E-state index is 0.0950. The van der Waals surface area contributed by atoms with Crippen LogP contribution in [0.3, 0.4) is 0 Å². The van der Waals surface area contributed by atoms with Gasteiger partial charge in [0.15, 0.2) is 0 Å². The van der Waals surface area contributed by atoms with Crippen LogP contribution in [0.4, 0.5) is 5.69 Å². The maximum absolute atomic E-state index is 12.4. The fourth-order valence-electron chi connectivity index (χ4n) is 3.49.